The maximum absolute atomic E-state index is 10.6. The van der Waals surface area contributed by atoms with E-state index in [1.807, 2.05) is 0 Å². The number of aromatic amines is 1. The number of carbonyl (C=O) groups is 1. The van der Waals surface area contributed by atoms with Gasteiger partial charge in [0, 0.05) is 17.7 Å². The number of halogens is 1. The Balaban J connectivity index is 2.53. The predicted octanol–water partition coefficient (Wildman–Crippen LogP) is 2.45. The lowest BCUT2D eigenvalue weighted by Gasteiger charge is -2.00. The van der Waals surface area contributed by atoms with Crippen molar-refractivity contribution >= 4 is 23.6 Å². The van der Waals surface area contributed by atoms with Crippen molar-refractivity contribution in [3.05, 3.63) is 45.2 Å². The van der Waals surface area contributed by atoms with E-state index in [0.29, 0.717) is 22.7 Å². The van der Waals surface area contributed by atoms with E-state index in [2.05, 4.69) is 9.97 Å². The van der Waals surface area contributed by atoms with Crippen molar-refractivity contribution in [2.24, 2.45) is 0 Å². The zero-order valence-corrected chi connectivity index (χ0v) is 9.14. The molecule has 0 saturated carbocycles. The summed E-state index contributed by atoms with van der Waals surface area (Å²) >= 11 is 5.92. The van der Waals surface area contributed by atoms with Gasteiger partial charge in [-0.15, -0.1) is 0 Å². The van der Waals surface area contributed by atoms with E-state index >= 15 is 0 Å². The maximum Gasteiger partial charge on any atom is 0.270 e. The molecule has 0 radical (unpaired) electrons. The first-order valence-corrected chi connectivity index (χ1v) is 4.94. The molecular formula is C10H6ClN3O3. The Bertz CT molecular complexity index is 594. The van der Waals surface area contributed by atoms with Gasteiger partial charge in [0.05, 0.1) is 21.8 Å². The van der Waals surface area contributed by atoms with Crippen LogP contribution in [0.15, 0.2) is 24.4 Å². The van der Waals surface area contributed by atoms with E-state index in [-0.39, 0.29) is 11.4 Å². The van der Waals surface area contributed by atoms with Gasteiger partial charge in [0.25, 0.3) is 5.69 Å². The highest BCUT2D eigenvalue weighted by molar-refractivity contribution is 6.33. The highest BCUT2D eigenvalue weighted by Crippen LogP contribution is 2.29. The quantitative estimate of drug-likeness (QED) is 0.515. The second kappa shape index (κ2) is 4.34. The molecule has 6 nitrogen and oxygen atoms in total. The number of nitro benzene ring substituents is 1. The fraction of sp³-hybridized carbons (Fsp3) is 0. The lowest BCUT2D eigenvalue weighted by molar-refractivity contribution is -0.384. The summed E-state index contributed by atoms with van der Waals surface area (Å²) in [5.74, 6) is 0.320. The van der Waals surface area contributed by atoms with E-state index in [0.717, 1.165) is 0 Å². The van der Waals surface area contributed by atoms with Crippen LogP contribution in [0.4, 0.5) is 5.69 Å². The van der Waals surface area contributed by atoms with Gasteiger partial charge in [-0.25, -0.2) is 4.98 Å². The smallest absolute Gasteiger partial charge is 0.270 e. The molecule has 0 aliphatic heterocycles. The van der Waals surface area contributed by atoms with Gasteiger partial charge in [-0.05, 0) is 6.07 Å². The van der Waals surface area contributed by atoms with Gasteiger partial charge in [0.1, 0.15) is 5.82 Å². The Morgan fingerprint density at radius 1 is 1.47 bits per heavy atom. The molecule has 1 aromatic heterocycles. The van der Waals surface area contributed by atoms with Crippen LogP contribution >= 0.6 is 11.6 Å². The predicted molar refractivity (Wildman–Crippen MR) is 61.1 cm³/mol. The largest absolute Gasteiger partial charge is 0.336 e. The summed E-state index contributed by atoms with van der Waals surface area (Å²) in [6.45, 7) is 0. The molecule has 0 fully saturated rings. The van der Waals surface area contributed by atoms with Crippen LogP contribution in [0.2, 0.25) is 5.02 Å². The zero-order chi connectivity index (χ0) is 12.4. The van der Waals surface area contributed by atoms with Crippen LogP contribution in [-0.2, 0) is 0 Å². The molecule has 1 N–H and O–H groups in total. The third kappa shape index (κ3) is 2.16. The molecule has 0 saturated heterocycles. The van der Waals surface area contributed by atoms with Crippen LogP contribution in [0.25, 0.3) is 11.4 Å². The summed E-state index contributed by atoms with van der Waals surface area (Å²) in [5, 5.41) is 11.0. The van der Waals surface area contributed by atoms with Crippen molar-refractivity contribution in [1.29, 1.82) is 0 Å². The monoisotopic (exact) mass is 251 g/mol. The van der Waals surface area contributed by atoms with Gasteiger partial charge in [0.2, 0.25) is 0 Å². The molecule has 17 heavy (non-hydrogen) atoms. The fourth-order valence-electron chi connectivity index (χ4n) is 1.34. The first-order valence-electron chi connectivity index (χ1n) is 4.56. The molecule has 0 aliphatic carbocycles. The van der Waals surface area contributed by atoms with E-state index < -0.39 is 4.92 Å². The van der Waals surface area contributed by atoms with E-state index in [1.54, 1.807) is 0 Å². The third-order valence-corrected chi connectivity index (χ3v) is 2.47. The number of aromatic nitrogens is 2. The SMILES string of the molecule is O=Cc1cnc(-c2cc([N+](=O)[O-])ccc2Cl)[nH]1. The van der Waals surface area contributed by atoms with Crippen molar-refractivity contribution in [2.75, 3.05) is 0 Å². The van der Waals surface area contributed by atoms with E-state index in [4.69, 9.17) is 11.6 Å². The number of nitrogens with one attached hydrogen (secondary N) is 1. The first-order chi connectivity index (χ1) is 8.11. The molecule has 86 valence electrons. The summed E-state index contributed by atoms with van der Waals surface area (Å²) < 4.78 is 0. The molecule has 7 heteroatoms. The van der Waals surface area contributed by atoms with Gasteiger partial charge in [-0.2, -0.15) is 0 Å². The number of nitro groups is 1. The van der Waals surface area contributed by atoms with Crippen LogP contribution in [0.1, 0.15) is 10.5 Å². The molecule has 2 aromatic rings. The Labute approximate surface area is 100 Å². The number of hydrogen-bond acceptors (Lipinski definition) is 4. The normalized spacial score (nSPS) is 10.2. The number of imidazole rings is 1. The molecule has 0 unspecified atom stereocenters. The number of rotatable bonds is 3. The van der Waals surface area contributed by atoms with Crippen molar-refractivity contribution in [3.63, 3.8) is 0 Å². The number of aldehydes is 1. The van der Waals surface area contributed by atoms with Gasteiger partial charge >= 0.3 is 0 Å². The third-order valence-electron chi connectivity index (χ3n) is 2.14. The van der Waals surface area contributed by atoms with Crippen LogP contribution in [0, 0.1) is 10.1 Å². The van der Waals surface area contributed by atoms with Crippen molar-refractivity contribution in [2.45, 2.75) is 0 Å². The molecule has 0 spiro atoms. The standard InChI is InChI=1S/C10H6ClN3O3/c11-9-2-1-7(14(16)17)3-8(9)10-12-4-6(5-15)13-10/h1-5H,(H,12,13). The Morgan fingerprint density at radius 2 is 2.24 bits per heavy atom. The molecular weight excluding hydrogens is 246 g/mol. The summed E-state index contributed by atoms with van der Waals surface area (Å²) in [6, 6.07) is 4.02. The highest BCUT2D eigenvalue weighted by atomic mass is 35.5. The summed E-state index contributed by atoms with van der Waals surface area (Å²) in [4.78, 5) is 27.2. The summed E-state index contributed by atoms with van der Waals surface area (Å²) in [5.41, 5.74) is 0.574. The lowest BCUT2D eigenvalue weighted by Crippen LogP contribution is -1.90. The second-order valence-electron chi connectivity index (χ2n) is 3.23. The molecule has 1 aromatic carbocycles. The molecule has 0 aliphatic rings. The van der Waals surface area contributed by atoms with Crippen LogP contribution in [0.3, 0.4) is 0 Å². The van der Waals surface area contributed by atoms with Crippen LogP contribution in [0.5, 0.6) is 0 Å². The topological polar surface area (TPSA) is 88.9 Å². The number of carbonyl (C=O) groups excluding carboxylic acids is 1. The minimum absolute atomic E-state index is 0.0894. The van der Waals surface area contributed by atoms with Crippen molar-refractivity contribution < 1.29 is 9.72 Å². The molecule has 0 amide bonds. The van der Waals surface area contributed by atoms with Crippen LogP contribution in [-0.4, -0.2) is 21.2 Å². The number of hydrogen-bond donors (Lipinski definition) is 1. The molecule has 0 atom stereocenters. The zero-order valence-electron chi connectivity index (χ0n) is 8.38. The van der Waals surface area contributed by atoms with Gasteiger partial charge in [0.15, 0.2) is 6.29 Å². The Morgan fingerprint density at radius 3 is 2.82 bits per heavy atom. The fourth-order valence-corrected chi connectivity index (χ4v) is 1.55. The van der Waals surface area contributed by atoms with Gasteiger partial charge in [-0.1, -0.05) is 11.6 Å². The second-order valence-corrected chi connectivity index (χ2v) is 3.63. The number of benzene rings is 1. The first kappa shape index (κ1) is 11.3. The molecule has 2 rings (SSSR count). The average molecular weight is 252 g/mol. The Kier molecular flexibility index (Phi) is 2.88. The maximum atomic E-state index is 10.6. The number of H-pyrrole nitrogens is 1. The number of nitrogens with zero attached hydrogens (tertiary/aromatic N) is 2. The van der Waals surface area contributed by atoms with Crippen LogP contribution < -0.4 is 0 Å². The summed E-state index contributed by atoms with van der Waals surface area (Å²) in [7, 11) is 0. The lowest BCUT2D eigenvalue weighted by atomic mass is 10.2. The highest BCUT2D eigenvalue weighted by Gasteiger charge is 2.13. The summed E-state index contributed by atoms with van der Waals surface area (Å²) in [6.07, 6.45) is 1.93. The van der Waals surface area contributed by atoms with E-state index in [9.17, 15) is 14.9 Å². The Hall–Kier alpha value is -2.21. The van der Waals surface area contributed by atoms with Crippen molar-refractivity contribution in [1.82, 2.24) is 9.97 Å². The minimum Gasteiger partial charge on any atom is -0.336 e. The van der Waals surface area contributed by atoms with Gasteiger partial charge in [-0.3, -0.25) is 14.9 Å². The molecule has 1 heterocycles. The van der Waals surface area contributed by atoms with E-state index in [1.165, 1.54) is 24.4 Å². The minimum atomic E-state index is -0.524. The van der Waals surface area contributed by atoms with Gasteiger partial charge < -0.3 is 4.98 Å². The average Bonchev–Trinajstić information content (AvgIpc) is 2.77. The molecule has 0 bridgehead atoms. The van der Waals surface area contributed by atoms with Crippen molar-refractivity contribution in [3.8, 4) is 11.4 Å². The number of non-ortho nitro benzene ring substituents is 1.